The summed E-state index contributed by atoms with van der Waals surface area (Å²) in [6, 6.07) is 12.6. The van der Waals surface area contributed by atoms with Crippen molar-refractivity contribution in [2.24, 2.45) is 5.92 Å². The first-order valence-corrected chi connectivity index (χ1v) is 13.8. The minimum absolute atomic E-state index is 0.309. The third kappa shape index (κ3) is 3.89. The van der Waals surface area contributed by atoms with Gasteiger partial charge in [0.2, 0.25) is 0 Å². The maximum Gasteiger partial charge on any atom is 0.264 e. The number of rotatable bonds is 5. The van der Waals surface area contributed by atoms with Crippen molar-refractivity contribution in [3.63, 3.8) is 0 Å². The molecule has 0 bridgehead atoms. The number of ether oxygens (including phenoxy) is 1. The van der Waals surface area contributed by atoms with E-state index in [1.165, 1.54) is 70.6 Å². The molecule has 2 saturated carbocycles. The summed E-state index contributed by atoms with van der Waals surface area (Å²) < 4.78 is 24.4. The normalized spacial score (nSPS) is 22.2. The Morgan fingerprint density at radius 3 is 2.66 bits per heavy atom. The van der Waals surface area contributed by atoms with Crippen LogP contribution in [0.3, 0.4) is 0 Å². The van der Waals surface area contributed by atoms with Gasteiger partial charge in [-0.25, -0.2) is 8.51 Å². The summed E-state index contributed by atoms with van der Waals surface area (Å²) in [5.41, 5.74) is 7.20. The Kier molecular flexibility index (Phi) is 5.72. The van der Waals surface area contributed by atoms with Crippen molar-refractivity contribution >= 4 is 28.0 Å². The standard InChI is InChI=1S/C28H33N3O3S/c1-30(2)35(33)29-28(32)18-9-11-22-25(14-18)31-16-19-13-23(19)24-15-20(34-3)10-12-21(24)27(31)26(22)17-7-5-4-6-8-17/h9-12,14-15,17,19,23H,4-8,13,16H2,1-3H3,(H,29,32). The van der Waals surface area contributed by atoms with Crippen LogP contribution in [0.1, 0.15) is 71.8 Å². The lowest BCUT2D eigenvalue weighted by Gasteiger charge is -2.24. The predicted molar refractivity (Wildman–Crippen MR) is 140 cm³/mol. The number of methoxy groups -OCH3 is 1. The van der Waals surface area contributed by atoms with E-state index in [0.29, 0.717) is 23.3 Å². The molecule has 1 aromatic heterocycles. The van der Waals surface area contributed by atoms with E-state index in [1.807, 2.05) is 12.1 Å². The van der Waals surface area contributed by atoms with Crippen molar-refractivity contribution in [2.45, 2.75) is 56.9 Å². The zero-order valence-electron chi connectivity index (χ0n) is 20.7. The monoisotopic (exact) mass is 491 g/mol. The first kappa shape index (κ1) is 22.8. The molecule has 3 unspecified atom stereocenters. The van der Waals surface area contributed by atoms with Crippen molar-refractivity contribution < 1.29 is 13.7 Å². The zero-order chi connectivity index (χ0) is 24.3. The topological polar surface area (TPSA) is 63.6 Å². The molecule has 0 radical (unpaired) electrons. The highest BCUT2D eigenvalue weighted by molar-refractivity contribution is 7.81. The second-order valence-corrected chi connectivity index (χ2v) is 11.9. The third-order valence-electron chi connectivity index (χ3n) is 8.14. The van der Waals surface area contributed by atoms with E-state index in [9.17, 15) is 9.00 Å². The average molecular weight is 492 g/mol. The minimum atomic E-state index is -1.56. The fourth-order valence-electron chi connectivity index (χ4n) is 6.29. The number of aromatic nitrogens is 1. The molecule has 3 atom stereocenters. The SMILES string of the molecule is COc1ccc2c(c1)C1CC1Cn1c-2c(C2CCCCC2)c2ccc(C(=O)NS(=O)N(C)C)cc21. The van der Waals surface area contributed by atoms with E-state index in [1.54, 1.807) is 21.2 Å². The van der Waals surface area contributed by atoms with E-state index in [-0.39, 0.29) is 5.91 Å². The first-order chi connectivity index (χ1) is 17.0. The highest BCUT2D eigenvalue weighted by Crippen LogP contribution is 2.57. The molecule has 184 valence electrons. The van der Waals surface area contributed by atoms with E-state index in [2.05, 4.69) is 33.6 Å². The van der Waals surface area contributed by atoms with Crippen LogP contribution in [-0.4, -0.2) is 40.2 Å². The maximum absolute atomic E-state index is 12.9. The molecule has 2 fully saturated rings. The first-order valence-electron chi connectivity index (χ1n) is 12.7. The molecule has 0 spiro atoms. The number of fused-ring (bicyclic) bond motifs is 7. The highest BCUT2D eigenvalue weighted by atomic mass is 32.2. The number of benzene rings is 2. The smallest absolute Gasteiger partial charge is 0.264 e. The van der Waals surface area contributed by atoms with Crippen LogP contribution in [0, 0.1) is 5.92 Å². The van der Waals surface area contributed by atoms with Crippen molar-refractivity contribution in [3.05, 3.63) is 53.1 Å². The lowest BCUT2D eigenvalue weighted by molar-refractivity contribution is 0.0981. The lowest BCUT2D eigenvalue weighted by Crippen LogP contribution is -2.34. The largest absolute Gasteiger partial charge is 0.497 e. The van der Waals surface area contributed by atoms with Crippen LogP contribution in [0.2, 0.25) is 0 Å². The Morgan fingerprint density at radius 1 is 1.11 bits per heavy atom. The molecule has 1 amide bonds. The van der Waals surface area contributed by atoms with Crippen molar-refractivity contribution in [2.75, 3.05) is 21.2 Å². The highest BCUT2D eigenvalue weighted by Gasteiger charge is 2.44. The third-order valence-corrected chi connectivity index (χ3v) is 9.17. The lowest BCUT2D eigenvalue weighted by atomic mass is 9.81. The van der Waals surface area contributed by atoms with E-state index < -0.39 is 11.2 Å². The van der Waals surface area contributed by atoms with Crippen molar-refractivity contribution in [1.29, 1.82) is 0 Å². The molecular weight excluding hydrogens is 458 g/mol. The number of carbonyl (C=O) groups is 1. The van der Waals surface area contributed by atoms with Gasteiger partial charge < -0.3 is 9.30 Å². The zero-order valence-corrected chi connectivity index (χ0v) is 21.5. The molecule has 2 aliphatic carbocycles. The van der Waals surface area contributed by atoms with Gasteiger partial charge in [0.15, 0.2) is 11.2 Å². The molecule has 2 aromatic carbocycles. The summed E-state index contributed by atoms with van der Waals surface area (Å²) >= 11 is -1.56. The molecule has 7 heteroatoms. The molecule has 2 heterocycles. The minimum Gasteiger partial charge on any atom is -0.497 e. The van der Waals surface area contributed by atoms with Gasteiger partial charge in [-0.05, 0) is 78.5 Å². The summed E-state index contributed by atoms with van der Waals surface area (Å²) in [5.74, 6) is 2.33. The Labute approximate surface area is 209 Å². The Hall–Kier alpha value is -2.64. The van der Waals surface area contributed by atoms with Gasteiger partial charge in [0.25, 0.3) is 5.91 Å². The van der Waals surface area contributed by atoms with Gasteiger partial charge >= 0.3 is 0 Å². The fourth-order valence-corrected chi connectivity index (χ4v) is 6.75. The number of nitrogens with one attached hydrogen (secondary N) is 1. The number of amides is 1. The van der Waals surface area contributed by atoms with Crippen LogP contribution >= 0.6 is 0 Å². The molecular formula is C28H33N3O3S. The van der Waals surface area contributed by atoms with Gasteiger partial charge in [0.05, 0.1) is 12.8 Å². The summed E-state index contributed by atoms with van der Waals surface area (Å²) in [7, 11) is 5.10. The predicted octanol–water partition coefficient (Wildman–Crippen LogP) is 5.35. The Bertz CT molecular complexity index is 1340. The summed E-state index contributed by atoms with van der Waals surface area (Å²) in [5, 5.41) is 1.26. The molecule has 6 rings (SSSR count). The fraction of sp³-hybridized carbons (Fsp3) is 0.464. The summed E-state index contributed by atoms with van der Waals surface area (Å²) in [4.78, 5) is 12.9. The second kappa shape index (κ2) is 8.79. The maximum atomic E-state index is 12.9. The summed E-state index contributed by atoms with van der Waals surface area (Å²) in [6.45, 7) is 0.967. The molecule has 0 saturated heterocycles. The van der Waals surface area contributed by atoms with Gasteiger partial charge in [0.1, 0.15) is 5.75 Å². The number of hydrogen-bond acceptors (Lipinski definition) is 3. The Balaban J connectivity index is 1.55. The van der Waals surface area contributed by atoms with Crippen molar-refractivity contribution in [1.82, 2.24) is 13.6 Å². The number of nitrogens with zero attached hydrogens (tertiary/aromatic N) is 2. The molecule has 1 N–H and O–H groups in total. The molecule has 1 aliphatic heterocycles. The van der Waals surface area contributed by atoms with Gasteiger partial charge in [-0.2, -0.15) is 0 Å². The molecule has 3 aliphatic rings. The summed E-state index contributed by atoms with van der Waals surface area (Å²) in [6.07, 6.45) is 7.49. The van der Waals surface area contributed by atoms with Crippen LogP contribution in [0.4, 0.5) is 0 Å². The second-order valence-electron chi connectivity index (χ2n) is 10.5. The van der Waals surface area contributed by atoms with Gasteiger partial charge in [0, 0.05) is 42.7 Å². The molecule has 6 nitrogen and oxygen atoms in total. The van der Waals surface area contributed by atoms with Crippen LogP contribution in [0.25, 0.3) is 22.2 Å². The molecule has 35 heavy (non-hydrogen) atoms. The number of carbonyl (C=O) groups excluding carboxylic acids is 1. The van der Waals surface area contributed by atoms with E-state index in [4.69, 9.17) is 4.74 Å². The van der Waals surface area contributed by atoms with Crippen LogP contribution in [0.5, 0.6) is 5.75 Å². The number of hydrogen-bond donors (Lipinski definition) is 1. The quantitative estimate of drug-likeness (QED) is 0.523. The Morgan fingerprint density at radius 2 is 1.91 bits per heavy atom. The average Bonchev–Trinajstić information content (AvgIpc) is 3.59. The van der Waals surface area contributed by atoms with Crippen LogP contribution in [0.15, 0.2) is 36.4 Å². The van der Waals surface area contributed by atoms with E-state index >= 15 is 0 Å². The van der Waals surface area contributed by atoms with Crippen LogP contribution < -0.4 is 9.46 Å². The van der Waals surface area contributed by atoms with Gasteiger partial charge in [-0.3, -0.25) is 9.52 Å². The van der Waals surface area contributed by atoms with E-state index in [0.717, 1.165) is 17.8 Å². The molecule has 3 aromatic rings. The van der Waals surface area contributed by atoms with Crippen LogP contribution in [-0.2, 0) is 17.7 Å². The van der Waals surface area contributed by atoms with Crippen molar-refractivity contribution in [3.8, 4) is 17.0 Å². The van der Waals surface area contributed by atoms with Gasteiger partial charge in [-0.1, -0.05) is 25.3 Å². The van der Waals surface area contributed by atoms with Gasteiger partial charge in [-0.15, -0.1) is 0 Å².